The normalized spacial score (nSPS) is 9.47. The number of para-hydroxylation sites is 1. The SMILES string of the molecule is COc1cccc(C#N)c1NC(=O)c1cnccn1. The number of amides is 1. The molecule has 0 fully saturated rings. The predicted molar refractivity (Wildman–Crippen MR) is 67.7 cm³/mol. The van der Waals surface area contributed by atoms with Crippen molar-refractivity contribution in [3.05, 3.63) is 48.0 Å². The zero-order valence-electron chi connectivity index (χ0n) is 10.1. The maximum absolute atomic E-state index is 12.0. The van der Waals surface area contributed by atoms with E-state index in [1.165, 1.54) is 25.7 Å². The number of nitriles is 1. The fraction of sp³-hybridized carbons (Fsp3) is 0.0769. The van der Waals surface area contributed by atoms with Crippen LogP contribution in [-0.2, 0) is 0 Å². The zero-order chi connectivity index (χ0) is 13.7. The number of rotatable bonds is 3. The number of nitrogens with zero attached hydrogens (tertiary/aromatic N) is 3. The van der Waals surface area contributed by atoms with Crippen LogP contribution in [0.15, 0.2) is 36.8 Å². The summed E-state index contributed by atoms with van der Waals surface area (Å²) in [4.78, 5) is 19.7. The van der Waals surface area contributed by atoms with Crippen molar-refractivity contribution in [2.24, 2.45) is 0 Å². The van der Waals surface area contributed by atoms with E-state index in [9.17, 15) is 4.79 Å². The van der Waals surface area contributed by atoms with Gasteiger partial charge in [-0.25, -0.2) is 4.98 Å². The lowest BCUT2D eigenvalue weighted by Gasteiger charge is -2.10. The van der Waals surface area contributed by atoms with Crippen molar-refractivity contribution in [2.75, 3.05) is 12.4 Å². The summed E-state index contributed by atoms with van der Waals surface area (Å²) in [6.07, 6.45) is 4.24. The second kappa shape index (κ2) is 5.60. The molecule has 0 aliphatic rings. The van der Waals surface area contributed by atoms with E-state index >= 15 is 0 Å². The molecular weight excluding hydrogens is 244 g/mol. The third-order valence-electron chi connectivity index (χ3n) is 2.40. The Kier molecular flexibility index (Phi) is 3.69. The first-order valence-electron chi connectivity index (χ1n) is 5.40. The first-order chi connectivity index (χ1) is 9.26. The van der Waals surface area contributed by atoms with Gasteiger partial charge in [0.1, 0.15) is 23.2 Å². The Hall–Kier alpha value is -2.94. The number of benzene rings is 1. The van der Waals surface area contributed by atoms with E-state index < -0.39 is 5.91 Å². The van der Waals surface area contributed by atoms with Crippen LogP contribution >= 0.6 is 0 Å². The fourth-order valence-corrected chi connectivity index (χ4v) is 1.52. The van der Waals surface area contributed by atoms with Crippen molar-refractivity contribution in [1.82, 2.24) is 9.97 Å². The minimum atomic E-state index is -0.450. The van der Waals surface area contributed by atoms with Crippen molar-refractivity contribution in [3.63, 3.8) is 0 Å². The number of hydrogen-bond acceptors (Lipinski definition) is 5. The second-order valence-electron chi connectivity index (χ2n) is 3.54. The number of methoxy groups -OCH3 is 1. The first kappa shape index (κ1) is 12.5. The van der Waals surface area contributed by atoms with Crippen molar-refractivity contribution in [2.45, 2.75) is 0 Å². The molecule has 0 saturated carbocycles. The molecule has 0 bridgehead atoms. The van der Waals surface area contributed by atoms with Crippen LogP contribution in [0, 0.1) is 11.3 Å². The molecule has 19 heavy (non-hydrogen) atoms. The molecule has 0 spiro atoms. The number of ether oxygens (including phenoxy) is 1. The molecule has 0 aliphatic carbocycles. The molecule has 6 nitrogen and oxygen atoms in total. The summed E-state index contributed by atoms with van der Waals surface area (Å²) >= 11 is 0. The molecule has 94 valence electrons. The molecular formula is C13H10N4O2. The number of anilines is 1. The Bertz CT molecular complexity index is 635. The average molecular weight is 254 g/mol. The molecule has 1 aromatic carbocycles. The van der Waals surface area contributed by atoms with Crippen LogP contribution in [-0.4, -0.2) is 23.0 Å². The monoisotopic (exact) mass is 254 g/mol. The van der Waals surface area contributed by atoms with Gasteiger partial charge >= 0.3 is 0 Å². The maximum Gasteiger partial charge on any atom is 0.275 e. The zero-order valence-corrected chi connectivity index (χ0v) is 10.1. The Morgan fingerprint density at radius 1 is 1.42 bits per heavy atom. The fourth-order valence-electron chi connectivity index (χ4n) is 1.52. The van der Waals surface area contributed by atoms with E-state index in [2.05, 4.69) is 15.3 Å². The third kappa shape index (κ3) is 2.66. The van der Waals surface area contributed by atoms with Crippen molar-refractivity contribution >= 4 is 11.6 Å². The largest absolute Gasteiger partial charge is 0.495 e. The van der Waals surface area contributed by atoms with Gasteiger partial charge in [0.05, 0.1) is 18.9 Å². The summed E-state index contributed by atoms with van der Waals surface area (Å²) in [5, 5.41) is 11.6. The number of nitrogens with one attached hydrogen (secondary N) is 1. The smallest absolute Gasteiger partial charge is 0.275 e. The highest BCUT2D eigenvalue weighted by molar-refractivity contribution is 6.04. The molecule has 2 aromatic rings. The van der Waals surface area contributed by atoms with Crippen LogP contribution in [0.1, 0.15) is 16.1 Å². The van der Waals surface area contributed by atoms with Gasteiger partial charge in [0, 0.05) is 12.4 Å². The summed E-state index contributed by atoms with van der Waals surface area (Å²) in [7, 11) is 1.47. The molecule has 0 aliphatic heterocycles. The van der Waals surface area contributed by atoms with Crippen molar-refractivity contribution < 1.29 is 9.53 Å². The predicted octanol–water partition coefficient (Wildman–Crippen LogP) is 1.61. The standard InChI is InChI=1S/C13H10N4O2/c1-19-11-4-2-3-9(7-14)12(11)17-13(18)10-8-15-5-6-16-10/h2-6,8H,1H3,(H,17,18). The maximum atomic E-state index is 12.0. The topological polar surface area (TPSA) is 87.9 Å². The lowest BCUT2D eigenvalue weighted by atomic mass is 10.1. The molecule has 0 atom stereocenters. The van der Waals surface area contributed by atoms with E-state index in [0.717, 1.165) is 0 Å². The lowest BCUT2D eigenvalue weighted by Crippen LogP contribution is -2.15. The van der Waals surface area contributed by atoms with Crippen LogP contribution in [0.2, 0.25) is 0 Å². The molecule has 0 unspecified atom stereocenters. The van der Waals surface area contributed by atoms with Crippen LogP contribution in [0.5, 0.6) is 5.75 Å². The first-order valence-corrected chi connectivity index (χ1v) is 5.40. The minimum Gasteiger partial charge on any atom is -0.495 e. The molecule has 0 saturated heterocycles. The van der Waals surface area contributed by atoms with Crippen LogP contribution < -0.4 is 10.1 Å². The number of carbonyl (C=O) groups excluding carboxylic acids is 1. The summed E-state index contributed by atoms with van der Waals surface area (Å²) in [5.41, 5.74) is 0.803. The summed E-state index contributed by atoms with van der Waals surface area (Å²) < 4.78 is 5.12. The van der Waals surface area contributed by atoms with Gasteiger partial charge in [0.2, 0.25) is 0 Å². The lowest BCUT2D eigenvalue weighted by molar-refractivity contribution is 0.102. The molecule has 1 heterocycles. The molecule has 2 rings (SSSR count). The van der Waals surface area contributed by atoms with E-state index in [1.54, 1.807) is 18.2 Å². The third-order valence-corrected chi connectivity index (χ3v) is 2.40. The summed E-state index contributed by atoms with van der Waals surface area (Å²) in [5.74, 6) is -0.0367. The van der Waals surface area contributed by atoms with Gasteiger partial charge < -0.3 is 10.1 Å². The van der Waals surface area contributed by atoms with E-state index in [1.807, 2.05) is 6.07 Å². The Labute approximate surface area is 109 Å². The van der Waals surface area contributed by atoms with Crippen LogP contribution in [0.4, 0.5) is 5.69 Å². The number of carbonyl (C=O) groups is 1. The van der Waals surface area contributed by atoms with Gasteiger partial charge in [-0.3, -0.25) is 9.78 Å². The summed E-state index contributed by atoms with van der Waals surface area (Å²) in [6.45, 7) is 0. The van der Waals surface area contributed by atoms with Gasteiger partial charge in [-0.2, -0.15) is 5.26 Å². The Morgan fingerprint density at radius 3 is 2.89 bits per heavy atom. The van der Waals surface area contributed by atoms with Crippen LogP contribution in [0.3, 0.4) is 0 Å². The Balaban J connectivity index is 2.34. The number of hydrogen-bond donors (Lipinski definition) is 1. The highest BCUT2D eigenvalue weighted by Gasteiger charge is 2.14. The van der Waals surface area contributed by atoms with Crippen molar-refractivity contribution in [1.29, 1.82) is 5.26 Å². The molecule has 6 heteroatoms. The highest BCUT2D eigenvalue weighted by Crippen LogP contribution is 2.28. The summed E-state index contributed by atoms with van der Waals surface area (Å²) in [6, 6.07) is 6.92. The number of aromatic nitrogens is 2. The van der Waals surface area contributed by atoms with Gasteiger partial charge in [0.15, 0.2) is 0 Å². The molecule has 1 N–H and O–H groups in total. The van der Waals surface area contributed by atoms with Crippen LogP contribution in [0.25, 0.3) is 0 Å². The minimum absolute atomic E-state index is 0.164. The van der Waals surface area contributed by atoms with Gasteiger partial charge in [-0.1, -0.05) is 6.07 Å². The second-order valence-corrected chi connectivity index (χ2v) is 3.54. The molecule has 1 aromatic heterocycles. The Morgan fingerprint density at radius 2 is 2.26 bits per heavy atom. The van der Waals surface area contributed by atoms with E-state index in [4.69, 9.17) is 10.00 Å². The molecule has 1 amide bonds. The van der Waals surface area contributed by atoms with Crippen molar-refractivity contribution in [3.8, 4) is 11.8 Å². The van der Waals surface area contributed by atoms with Gasteiger partial charge in [0.25, 0.3) is 5.91 Å². The van der Waals surface area contributed by atoms with Gasteiger partial charge in [-0.05, 0) is 12.1 Å². The average Bonchev–Trinajstić information content (AvgIpc) is 2.48. The van der Waals surface area contributed by atoms with E-state index in [0.29, 0.717) is 17.0 Å². The molecule has 0 radical (unpaired) electrons. The highest BCUT2D eigenvalue weighted by atomic mass is 16.5. The quantitative estimate of drug-likeness (QED) is 0.898. The van der Waals surface area contributed by atoms with E-state index in [-0.39, 0.29) is 5.69 Å². The van der Waals surface area contributed by atoms with Gasteiger partial charge in [-0.15, -0.1) is 0 Å².